The van der Waals surface area contributed by atoms with E-state index in [0.29, 0.717) is 13.0 Å². The van der Waals surface area contributed by atoms with Crippen LogP contribution in [-0.2, 0) is 9.53 Å². The van der Waals surface area contributed by atoms with Gasteiger partial charge in [-0.3, -0.25) is 4.79 Å². The number of hydrogen-bond acceptors (Lipinski definition) is 3. The van der Waals surface area contributed by atoms with E-state index in [2.05, 4.69) is 5.32 Å². The van der Waals surface area contributed by atoms with Gasteiger partial charge in [-0.25, -0.2) is 0 Å². The first-order valence-electron chi connectivity index (χ1n) is 6.79. The summed E-state index contributed by atoms with van der Waals surface area (Å²) in [6.45, 7) is 6.59. The number of ether oxygens (including phenoxy) is 2. The Hall–Kier alpha value is -1.55. The molecule has 0 heterocycles. The molecule has 0 radical (unpaired) electrons. The van der Waals surface area contributed by atoms with Crippen molar-refractivity contribution in [2.75, 3.05) is 20.8 Å². The maximum absolute atomic E-state index is 11.8. The van der Waals surface area contributed by atoms with Crippen LogP contribution in [0.25, 0.3) is 0 Å². The minimum atomic E-state index is -0.172. The highest BCUT2D eigenvalue weighted by molar-refractivity contribution is 5.76. The van der Waals surface area contributed by atoms with Crippen molar-refractivity contribution in [3.63, 3.8) is 0 Å². The highest BCUT2D eigenvalue weighted by Crippen LogP contribution is 2.22. The number of hydrogen-bond donors (Lipinski definition) is 1. The molecule has 1 rings (SSSR count). The highest BCUT2D eigenvalue weighted by atomic mass is 16.5. The van der Waals surface area contributed by atoms with Gasteiger partial charge in [0.25, 0.3) is 0 Å². The molecule has 4 heteroatoms. The summed E-state index contributed by atoms with van der Waals surface area (Å²) in [4.78, 5) is 11.8. The molecule has 4 nitrogen and oxygen atoms in total. The van der Waals surface area contributed by atoms with Crippen LogP contribution in [0.3, 0.4) is 0 Å². The second-order valence-corrected chi connectivity index (χ2v) is 6.04. The predicted octanol–water partition coefficient (Wildman–Crippen LogP) is 2.94. The van der Waals surface area contributed by atoms with E-state index in [9.17, 15) is 4.79 Å². The summed E-state index contributed by atoms with van der Waals surface area (Å²) in [7, 11) is 3.27. The molecule has 0 saturated heterocycles. The number of amides is 1. The van der Waals surface area contributed by atoms with E-state index < -0.39 is 0 Å². The fourth-order valence-electron chi connectivity index (χ4n) is 1.93. The van der Waals surface area contributed by atoms with Crippen molar-refractivity contribution in [3.8, 4) is 5.75 Å². The van der Waals surface area contributed by atoms with Gasteiger partial charge in [-0.05, 0) is 23.1 Å². The van der Waals surface area contributed by atoms with Gasteiger partial charge in [-0.2, -0.15) is 0 Å². The van der Waals surface area contributed by atoms with Crippen LogP contribution < -0.4 is 10.1 Å². The van der Waals surface area contributed by atoms with Crippen LogP contribution in [0.5, 0.6) is 5.75 Å². The van der Waals surface area contributed by atoms with Gasteiger partial charge in [-0.15, -0.1) is 0 Å². The lowest BCUT2D eigenvalue weighted by atomic mass is 9.92. The Labute approximate surface area is 121 Å². The molecule has 112 valence electrons. The Morgan fingerprint density at radius 2 is 2.00 bits per heavy atom. The monoisotopic (exact) mass is 279 g/mol. The number of carbonyl (C=O) groups is 1. The summed E-state index contributed by atoms with van der Waals surface area (Å²) in [5.74, 6) is 0.827. The predicted molar refractivity (Wildman–Crippen MR) is 79.8 cm³/mol. The fraction of sp³-hybridized carbons (Fsp3) is 0.562. The second-order valence-electron chi connectivity index (χ2n) is 6.04. The van der Waals surface area contributed by atoms with Crippen molar-refractivity contribution < 1.29 is 14.3 Å². The molecule has 1 amide bonds. The van der Waals surface area contributed by atoms with Crippen molar-refractivity contribution in [1.82, 2.24) is 5.32 Å². The molecule has 20 heavy (non-hydrogen) atoms. The van der Waals surface area contributed by atoms with E-state index >= 15 is 0 Å². The zero-order chi connectivity index (χ0) is 15.2. The lowest BCUT2D eigenvalue weighted by molar-refractivity contribution is -0.123. The van der Waals surface area contributed by atoms with Gasteiger partial charge in [0.1, 0.15) is 5.75 Å². The minimum absolute atomic E-state index is 0.0113. The molecule has 0 fully saturated rings. The van der Waals surface area contributed by atoms with Crippen molar-refractivity contribution >= 4 is 5.91 Å². The van der Waals surface area contributed by atoms with Crippen LogP contribution in [0, 0.1) is 5.41 Å². The molecule has 0 aliphatic heterocycles. The Morgan fingerprint density at radius 1 is 1.30 bits per heavy atom. The van der Waals surface area contributed by atoms with Crippen molar-refractivity contribution in [2.45, 2.75) is 33.3 Å². The van der Waals surface area contributed by atoms with Crippen LogP contribution in [0.2, 0.25) is 0 Å². The molecule has 0 aromatic heterocycles. The van der Waals surface area contributed by atoms with Gasteiger partial charge in [-0.1, -0.05) is 32.9 Å². The van der Waals surface area contributed by atoms with E-state index in [1.807, 2.05) is 45.0 Å². The van der Waals surface area contributed by atoms with E-state index in [1.54, 1.807) is 14.2 Å². The first kappa shape index (κ1) is 16.5. The average Bonchev–Trinajstić information content (AvgIpc) is 2.37. The number of methoxy groups -OCH3 is 2. The summed E-state index contributed by atoms with van der Waals surface area (Å²) in [6.07, 6.45) is 0.329. The summed E-state index contributed by atoms with van der Waals surface area (Å²) >= 11 is 0. The summed E-state index contributed by atoms with van der Waals surface area (Å²) in [5.41, 5.74) is 0.978. The quantitative estimate of drug-likeness (QED) is 0.871. The van der Waals surface area contributed by atoms with Gasteiger partial charge in [0.15, 0.2) is 0 Å². The number of benzene rings is 1. The fourth-order valence-corrected chi connectivity index (χ4v) is 1.93. The molecular weight excluding hydrogens is 254 g/mol. The summed E-state index contributed by atoms with van der Waals surface area (Å²) in [5, 5.41) is 2.92. The molecular formula is C16H25NO3. The van der Waals surface area contributed by atoms with Crippen LogP contribution in [-0.4, -0.2) is 26.7 Å². The lowest BCUT2D eigenvalue weighted by Crippen LogP contribution is -2.31. The Balaban J connectivity index is 2.61. The van der Waals surface area contributed by atoms with Crippen LogP contribution >= 0.6 is 0 Å². The molecule has 0 aliphatic rings. The first-order valence-corrected chi connectivity index (χ1v) is 6.79. The van der Waals surface area contributed by atoms with Crippen molar-refractivity contribution in [1.29, 1.82) is 0 Å². The van der Waals surface area contributed by atoms with Gasteiger partial charge in [0.2, 0.25) is 5.91 Å². The van der Waals surface area contributed by atoms with E-state index in [-0.39, 0.29) is 17.4 Å². The smallest absolute Gasteiger partial charge is 0.220 e. The average molecular weight is 279 g/mol. The molecule has 0 unspecified atom stereocenters. The summed E-state index contributed by atoms with van der Waals surface area (Å²) in [6, 6.07) is 7.68. The molecule has 1 aromatic carbocycles. The molecule has 0 aliphatic carbocycles. The maximum Gasteiger partial charge on any atom is 0.220 e. The topological polar surface area (TPSA) is 47.6 Å². The molecule has 1 atom stereocenters. The minimum Gasteiger partial charge on any atom is -0.497 e. The van der Waals surface area contributed by atoms with Crippen molar-refractivity contribution in [3.05, 3.63) is 29.8 Å². The van der Waals surface area contributed by atoms with Gasteiger partial charge in [0.05, 0.1) is 13.2 Å². The van der Waals surface area contributed by atoms with Crippen LogP contribution in [0.1, 0.15) is 38.9 Å². The third kappa shape index (κ3) is 5.61. The molecule has 1 aromatic rings. The van der Waals surface area contributed by atoms with E-state index in [1.165, 1.54) is 0 Å². The third-order valence-corrected chi connectivity index (χ3v) is 2.93. The van der Waals surface area contributed by atoms with Gasteiger partial charge < -0.3 is 14.8 Å². The molecule has 0 saturated carbocycles. The van der Waals surface area contributed by atoms with E-state index in [0.717, 1.165) is 11.3 Å². The molecule has 0 bridgehead atoms. The van der Waals surface area contributed by atoms with Gasteiger partial charge in [0, 0.05) is 20.1 Å². The Bertz CT molecular complexity index is 438. The second kappa shape index (κ2) is 7.29. The Morgan fingerprint density at radius 3 is 2.55 bits per heavy atom. The maximum atomic E-state index is 11.8. The zero-order valence-corrected chi connectivity index (χ0v) is 13.0. The standard InChI is InChI=1S/C16H25NO3/c1-16(2,3)10-15(18)17-11-14(20-5)12-7-6-8-13(9-12)19-4/h6-9,14H,10-11H2,1-5H3,(H,17,18)/t14-/m1/s1. The third-order valence-electron chi connectivity index (χ3n) is 2.93. The highest BCUT2D eigenvalue weighted by Gasteiger charge is 2.18. The zero-order valence-electron chi connectivity index (χ0n) is 13.0. The number of carbonyl (C=O) groups excluding carboxylic acids is 1. The largest absolute Gasteiger partial charge is 0.497 e. The first-order chi connectivity index (χ1) is 9.35. The number of rotatable bonds is 6. The van der Waals surface area contributed by atoms with Crippen molar-refractivity contribution in [2.24, 2.45) is 5.41 Å². The van der Waals surface area contributed by atoms with Gasteiger partial charge >= 0.3 is 0 Å². The molecule has 0 spiro atoms. The van der Waals surface area contributed by atoms with E-state index in [4.69, 9.17) is 9.47 Å². The lowest BCUT2D eigenvalue weighted by Gasteiger charge is -2.20. The van der Waals surface area contributed by atoms with Crippen LogP contribution in [0.15, 0.2) is 24.3 Å². The summed E-state index contributed by atoms with van der Waals surface area (Å²) < 4.78 is 10.6. The normalized spacial score (nSPS) is 12.8. The Kier molecular flexibility index (Phi) is 6.02. The number of nitrogens with one attached hydrogen (secondary N) is 1. The SMILES string of the molecule is COc1cccc([C@@H](CNC(=O)CC(C)(C)C)OC)c1. The molecule has 1 N–H and O–H groups in total. The van der Waals surface area contributed by atoms with Crippen LogP contribution in [0.4, 0.5) is 0 Å².